The van der Waals surface area contributed by atoms with E-state index in [1.165, 1.54) is 12.1 Å². The highest BCUT2D eigenvalue weighted by molar-refractivity contribution is 8.00. The van der Waals surface area contributed by atoms with Gasteiger partial charge < -0.3 is 4.57 Å². The topological polar surface area (TPSA) is 30.7 Å². The molecule has 3 nitrogen and oxygen atoms in total. The maximum atomic E-state index is 12.7. The van der Waals surface area contributed by atoms with Crippen molar-refractivity contribution in [3.63, 3.8) is 0 Å². The standard InChI is InChI=1S/C20H16F3N3S2/c1-3-27-17-10-12-6-4-5-7-14(12)24-18(17)19-25-15-11-13(28-20(21,22)23)8-9-16(15)26(19)2/h4-11H,3H2,1-2H3. The van der Waals surface area contributed by atoms with Crippen LogP contribution in [0.3, 0.4) is 0 Å². The van der Waals surface area contributed by atoms with E-state index in [4.69, 9.17) is 4.98 Å². The number of para-hydroxylation sites is 1. The number of alkyl halides is 3. The SMILES string of the molecule is CCSc1cc2ccccc2nc1-c1nc2cc(SC(F)(F)F)ccc2n1C. The van der Waals surface area contributed by atoms with E-state index in [2.05, 4.69) is 18.0 Å². The van der Waals surface area contributed by atoms with Crippen LogP contribution in [0.4, 0.5) is 13.2 Å². The van der Waals surface area contributed by atoms with Crippen molar-refractivity contribution in [1.82, 2.24) is 14.5 Å². The molecule has 0 unspecified atom stereocenters. The van der Waals surface area contributed by atoms with Crippen molar-refractivity contribution < 1.29 is 13.2 Å². The van der Waals surface area contributed by atoms with Crippen LogP contribution in [0.1, 0.15) is 6.92 Å². The molecule has 0 saturated heterocycles. The Kier molecular flexibility index (Phi) is 5.01. The summed E-state index contributed by atoms with van der Waals surface area (Å²) in [5.41, 5.74) is -1.43. The maximum Gasteiger partial charge on any atom is 0.446 e. The number of halogens is 3. The molecule has 0 radical (unpaired) electrons. The van der Waals surface area contributed by atoms with Crippen molar-refractivity contribution in [1.29, 1.82) is 0 Å². The van der Waals surface area contributed by atoms with Gasteiger partial charge in [0, 0.05) is 22.2 Å². The number of aryl methyl sites for hydroxylation is 1. The molecular formula is C20H16F3N3S2. The molecule has 0 aliphatic rings. The fourth-order valence-electron chi connectivity index (χ4n) is 3.11. The summed E-state index contributed by atoms with van der Waals surface area (Å²) in [6, 6.07) is 14.6. The van der Waals surface area contributed by atoms with Gasteiger partial charge >= 0.3 is 5.51 Å². The van der Waals surface area contributed by atoms with Crippen molar-refractivity contribution in [3.05, 3.63) is 48.5 Å². The molecule has 0 aliphatic carbocycles. The summed E-state index contributed by atoms with van der Waals surface area (Å²) in [4.78, 5) is 10.6. The molecule has 4 rings (SSSR count). The van der Waals surface area contributed by atoms with Crippen LogP contribution in [-0.2, 0) is 7.05 Å². The predicted molar refractivity (Wildman–Crippen MR) is 110 cm³/mol. The minimum absolute atomic E-state index is 0.124. The minimum atomic E-state index is -4.32. The van der Waals surface area contributed by atoms with Gasteiger partial charge in [-0.1, -0.05) is 25.1 Å². The smallest absolute Gasteiger partial charge is 0.326 e. The van der Waals surface area contributed by atoms with Crippen molar-refractivity contribution in [3.8, 4) is 11.5 Å². The second-order valence-corrected chi connectivity index (χ2v) is 8.60. The molecule has 2 aromatic carbocycles. The first-order valence-corrected chi connectivity index (χ1v) is 10.4. The number of nitrogens with zero attached hydrogens (tertiary/aromatic N) is 3. The monoisotopic (exact) mass is 419 g/mol. The number of rotatable bonds is 4. The van der Waals surface area contributed by atoms with E-state index in [-0.39, 0.29) is 16.7 Å². The summed E-state index contributed by atoms with van der Waals surface area (Å²) in [7, 11) is 1.86. The zero-order valence-corrected chi connectivity index (χ0v) is 16.8. The van der Waals surface area contributed by atoms with Gasteiger partial charge in [-0.05, 0) is 47.8 Å². The van der Waals surface area contributed by atoms with Gasteiger partial charge in [-0.25, -0.2) is 9.97 Å². The van der Waals surface area contributed by atoms with Crippen LogP contribution < -0.4 is 0 Å². The van der Waals surface area contributed by atoms with E-state index in [9.17, 15) is 13.2 Å². The molecule has 0 spiro atoms. The van der Waals surface area contributed by atoms with E-state index < -0.39 is 5.51 Å². The first kappa shape index (κ1) is 19.1. The fourth-order valence-corrected chi connectivity index (χ4v) is 4.48. The molecule has 28 heavy (non-hydrogen) atoms. The number of fused-ring (bicyclic) bond motifs is 2. The van der Waals surface area contributed by atoms with Gasteiger partial charge in [-0.3, -0.25) is 0 Å². The molecule has 0 N–H and O–H groups in total. The van der Waals surface area contributed by atoms with Crippen molar-refractivity contribution in [2.45, 2.75) is 22.2 Å². The molecule has 144 valence electrons. The third-order valence-electron chi connectivity index (χ3n) is 4.29. The molecule has 8 heteroatoms. The van der Waals surface area contributed by atoms with E-state index in [1.54, 1.807) is 17.8 Å². The molecule has 2 aromatic heterocycles. The van der Waals surface area contributed by atoms with Crippen LogP contribution in [-0.4, -0.2) is 25.8 Å². The first-order chi connectivity index (χ1) is 13.4. The number of pyridine rings is 1. The molecule has 4 aromatic rings. The van der Waals surface area contributed by atoms with Crippen LogP contribution in [0, 0.1) is 0 Å². The van der Waals surface area contributed by atoms with Gasteiger partial charge in [0.15, 0.2) is 5.82 Å². The zero-order valence-electron chi connectivity index (χ0n) is 15.1. The van der Waals surface area contributed by atoms with E-state index >= 15 is 0 Å². The first-order valence-electron chi connectivity index (χ1n) is 8.61. The van der Waals surface area contributed by atoms with Gasteiger partial charge in [0.25, 0.3) is 0 Å². The average molecular weight is 419 g/mol. The summed E-state index contributed by atoms with van der Waals surface area (Å²) < 4.78 is 40.0. The highest BCUT2D eigenvalue weighted by Crippen LogP contribution is 2.39. The van der Waals surface area contributed by atoms with Crippen LogP contribution in [0.15, 0.2) is 58.3 Å². The molecule has 0 bridgehead atoms. The van der Waals surface area contributed by atoms with Crippen molar-refractivity contribution >= 4 is 45.5 Å². The summed E-state index contributed by atoms with van der Waals surface area (Å²) in [5.74, 6) is 1.52. The summed E-state index contributed by atoms with van der Waals surface area (Å²) in [6.07, 6.45) is 0. The minimum Gasteiger partial charge on any atom is -0.326 e. The Balaban J connectivity index is 1.88. The van der Waals surface area contributed by atoms with Gasteiger partial charge in [0.05, 0.1) is 16.6 Å². The molecule has 0 amide bonds. The molecule has 0 saturated carbocycles. The Morgan fingerprint density at radius 2 is 1.79 bits per heavy atom. The number of hydrogen-bond acceptors (Lipinski definition) is 4. The van der Waals surface area contributed by atoms with Crippen LogP contribution in [0.5, 0.6) is 0 Å². The quantitative estimate of drug-likeness (QED) is 0.353. The zero-order chi connectivity index (χ0) is 19.9. The van der Waals surface area contributed by atoms with E-state index in [1.807, 2.05) is 35.9 Å². The lowest BCUT2D eigenvalue weighted by molar-refractivity contribution is -0.0328. The summed E-state index contributed by atoms with van der Waals surface area (Å²) in [6.45, 7) is 2.07. The lowest BCUT2D eigenvalue weighted by Gasteiger charge is -2.10. The Hall–Kier alpha value is -2.19. The normalized spacial score (nSPS) is 12.2. The Bertz CT molecular complexity index is 1170. The predicted octanol–water partition coefficient (Wildman–Crippen LogP) is 6.51. The molecule has 2 heterocycles. The number of hydrogen-bond donors (Lipinski definition) is 0. The second kappa shape index (κ2) is 7.33. The number of imidazole rings is 1. The molecular weight excluding hydrogens is 403 g/mol. The third kappa shape index (κ3) is 3.71. The maximum absolute atomic E-state index is 12.7. The highest BCUT2D eigenvalue weighted by Gasteiger charge is 2.29. The lowest BCUT2D eigenvalue weighted by atomic mass is 10.2. The third-order valence-corrected chi connectivity index (χ3v) is 5.92. The Morgan fingerprint density at radius 1 is 1.00 bits per heavy atom. The van der Waals surface area contributed by atoms with Crippen LogP contribution >= 0.6 is 23.5 Å². The number of aromatic nitrogens is 3. The largest absolute Gasteiger partial charge is 0.446 e. The van der Waals surface area contributed by atoms with Gasteiger partial charge in [-0.2, -0.15) is 13.2 Å². The lowest BCUT2D eigenvalue weighted by Crippen LogP contribution is -1.99. The molecule has 0 aliphatic heterocycles. The van der Waals surface area contributed by atoms with Crippen molar-refractivity contribution in [2.75, 3.05) is 5.75 Å². The Labute approximate surface area is 168 Å². The molecule has 0 atom stereocenters. The highest BCUT2D eigenvalue weighted by atomic mass is 32.2. The second-order valence-electron chi connectivity index (χ2n) is 6.15. The van der Waals surface area contributed by atoms with Crippen LogP contribution in [0.2, 0.25) is 0 Å². The van der Waals surface area contributed by atoms with Gasteiger partial charge in [-0.15, -0.1) is 11.8 Å². The fraction of sp³-hybridized carbons (Fsp3) is 0.200. The van der Waals surface area contributed by atoms with Gasteiger partial charge in [0.2, 0.25) is 0 Å². The summed E-state index contributed by atoms with van der Waals surface area (Å²) in [5, 5.41) is 1.05. The van der Waals surface area contributed by atoms with Gasteiger partial charge in [0.1, 0.15) is 5.69 Å². The average Bonchev–Trinajstić information content (AvgIpc) is 2.96. The summed E-state index contributed by atoms with van der Waals surface area (Å²) >= 11 is 1.54. The van der Waals surface area contributed by atoms with Crippen LogP contribution in [0.25, 0.3) is 33.5 Å². The molecule has 0 fully saturated rings. The van der Waals surface area contributed by atoms with E-state index in [0.717, 1.165) is 32.8 Å². The van der Waals surface area contributed by atoms with Crippen molar-refractivity contribution in [2.24, 2.45) is 7.05 Å². The number of thioether (sulfide) groups is 2. The number of benzene rings is 2. The Morgan fingerprint density at radius 3 is 2.54 bits per heavy atom. The van der Waals surface area contributed by atoms with E-state index in [0.29, 0.717) is 11.3 Å².